The summed E-state index contributed by atoms with van der Waals surface area (Å²) in [5.74, 6) is 0. The quantitative estimate of drug-likeness (QED) is 0.734. The molecule has 0 aliphatic heterocycles. The Morgan fingerprint density at radius 2 is 2.00 bits per heavy atom. The number of benzene rings is 1. The number of rotatable bonds is 2. The highest BCUT2D eigenvalue weighted by atomic mass is 19.3. The normalized spacial score (nSPS) is 11.1. The minimum atomic E-state index is -2.63. The van der Waals surface area contributed by atoms with Crippen molar-refractivity contribution in [2.75, 3.05) is 0 Å². The summed E-state index contributed by atoms with van der Waals surface area (Å²) in [4.78, 5) is 13.2. The van der Waals surface area contributed by atoms with Crippen LogP contribution >= 0.6 is 0 Å². The predicted octanol–water partition coefficient (Wildman–Crippen LogP) is 2.92. The monoisotopic (exact) mass is 195 g/mol. The molecule has 0 bridgehead atoms. The number of carbonyl (C=O) groups is 1. The molecule has 14 heavy (non-hydrogen) atoms. The van der Waals surface area contributed by atoms with Crippen molar-refractivity contribution in [2.24, 2.45) is 0 Å². The molecule has 0 unspecified atom stereocenters. The summed E-state index contributed by atoms with van der Waals surface area (Å²) >= 11 is 0. The average Bonchev–Trinajstić information content (AvgIpc) is 2.55. The SMILES string of the molecule is O=Cc1[nH]c2ccccc2c1C(F)F. The van der Waals surface area contributed by atoms with Gasteiger partial charge in [0.05, 0.1) is 11.3 Å². The van der Waals surface area contributed by atoms with Gasteiger partial charge in [-0.2, -0.15) is 0 Å². The fraction of sp³-hybridized carbons (Fsp3) is 0.100. The maximum Gasteiger partial charge on any atom is 0.266 e. The Morgan fingerprint density at radius 1 is 1.29 bits per heavy atom. The van der Waals surface area contributed by atoms with Gasteiger partial charge in [0.1, 0.15) is 0 Å². The molecule has 1 N–H and O–H groups in total. The number of alkyl halides is 2. The smallest absolute Gasteiger partial charge is 0.266 e. The van der Waals surface area contributed by atoms with E-state index >= 15 is 0 Å². The lowest BCUT2D eigenvalue weighted by Gasteiger charge is -1.96. The van der Waals surface area contributed by atoms with Crippen LogP contribution in [-0.4, -0.2) is 11.3 Å². The summed E-state index contributed by atoms with van der Waals surface area (Å²) in [6.07, 6.45) is -2.21. The van der Waals surface area contributed by atoms with E-state index < -0.39 is 6.43 Å². The van der Waals surface area contributed by atoms with E-state index in [0.717, 1.165) is 0 Å². The zero-order chi connectivity index (χ0) is 10.1. The number of aromatic nitrogens is 1. The lowest BCUT2D eigenvalue weighted by molar-refractivity contribution is 0.110. The molecule has 0 atom stereocenters. The van der Waals surface area contributed by atoms with Crippen LogP contribution in [0.15, 0.2) is 24.3 Å². The van der Waals surface area contributed by atoms with E-state index in [2.05, 4.69) is 4.98 Å². The zero-order valence-corrected chi connectivity index (χ0v) is 7.13. The number of para-hydroxylation sites is 1. The molecule has 0 saturated carbocycles. The fourth-order valence-electron chi connectivity index (χ4n) is 1.51. The lowest BCUT2D eigenvalue weighted by Crippen LogP contribution is -1.89. The van der Waals surface area contributed by atoms with Crippen LogP contribution in [0.1, 0.15) is 22.5 Å². The van der Waals surface area contributed by atoms with E-state index in [1.54, 1.807) is 24.3 Å². The molecule has 2 rings (SSSR count). The third kappa shape index (κ3) is 1.19. The molecular weight excluding hydrogens is 188 g/mol. The van der Waals surface area contributed by atoms with E-state index in [1.165, 1.54) is 0 Å². The van der Waals surface area contributed by atoms with E-state index in [9.17, 15) is 13.6 Å². The van der Waals surface area contributed by atoms with Crippen LogP contribution in [0.2, 0.25) is 0 Å². The number of halogens is 2. The first-order valence-corrected chi connectivity index (χ1v) is 4.08. The minimum Gasteiger partial charge on any atom is -0.352 e. The van der Waals surface area contributed by atoms with Gasteiger partial charge >= 0.3 is 0 Å². The highest BCUT2D eigenvalue weighted by Crippen LogP contribution is 2.30. The highest BCUT2D eigenvalue weighted by molar-refractivity contribution is 5.92. The molecule has 1 aromatic carbocycles. The van der Waals surface area contributed by atoms with Gasteiger partial charge in [-0.3, -0.25) is 4.79 Å². The van der Waals surface area contributed by atoms with Gasteiger partial charge in [-0.25, -0.2) is 8.78 Å². The Kier molecular flexibility index (Phi) is 2.04. The first-order chi connectivity index (χ1) is 6.74. The first kappa shape index (κ1) is 8.87. The molecule has 0 radical (unpaired) electrons. The molecular formula is C10H7F2NO. The molecule has 2 aromatic rings. The van der Waals surface area contributed by atoms with Crippen LogP contribution in [0.5, 0.6) is 0 Å². The van der Waals surface area contributed by atoms with E-state index in [4.69, 9.17) is 0 Å². The molecule has 1 aromatic heterocycles. The average molecular weight is 195 g/mol. The molecule has 2 nitrogen and oxygen atoms in total. The van der Waals surface area contributed by atoms with E-state index in [-0.39, 0.29) is 11.3 Å². The largest absolute Gasteiger partial charge is 0.352 e. The molecule has 0 spiro atoms. The Morgan fingerprint density at radius 3 is 2.64 bits per heavy atom. The lowest BCUT2D eigenvalue weighted by atomic mass is 10.1. The van der Waals surface area contributed by atoms with Crippen molar-refractivity contribution in [2.45, 2.75) is 6.43 Å². The Balaban J connectivity index is 2.80. The minimum absolute atomic E-state index is 0.0406. The van der Waals surface area contributed by atoms with Gasteiger partial charge in [0, 0.05) is 10.9 Å². The summed E-state index contributed by atoms with van der Waals surface area (Å²) in [6.45, 7) is 0. The summed E-state index contributed by atoms with van der Waals surface area (Å²) < 4.78 is 25.2. The van der Waals surface area contributed by atoms with Crippen molar-refractivity contribution < 1.29 is 13.6 Å². The Labute approximate surface area is 78.5 Å². The van der Waals surface area contributed by atoms with Crippen molar-refractivity contribution in [3.05, 3.63) is 35.5 Å². The third-order valence-electron chi connectivity index (χ3n) is 2.11. The van der Waals surface area contributed by atoms with Gasteiger partial charge < -0.3 is 4.98 Å². The van der Waals surface area contributed by atoms with Crippen molar-refractivity contribution in [1.29, 1.82) is 0 Å². The number of hydrogen-bond donors (Lipinski definition) is 1. The number of hydrogen-bond acceptors (Lipinski definition) is 1. The predicted molar refractivity (Wildman–Crippen MR) is 48.6 cm³/mol. The van der Waals surface area contributed by atoms with Crippen LogP contribution in [0.25, 0.3) is 10.9 Å². The third-order valence-corrected chi connectivity index (χ3v) is 2.11. The van der Waals surface area contributed by atoms with Gasteiger partial charge in [-0.1, -0.05) is 18.2 Å². The number of aldehydes is 1. The molecule has 72 valence electrons. The number of carbonyl (C=O) groups excluding carboxylic acids is 1. The van der Waals surface area contributed by atoms with Crippen LogP contribution in [0.4, 0.5) is 8.78 Å². The summed E-state index contributed by atoms with van der Waals surface area (Å²) in [7, 11) is 0. The Bertz CT molecular complexity index is 476. The number of nitrogens with one attached hydrogen (secondary N) is 1. The van der Waals surface area contributed by atoms with Crippen LogP contribution < -0.4 is 0 Å². The number of fused-ring (bicyclic) bond motifs is 1. The Hall–Kier alpha value is -1.71. The van der Waals surface area contributed by atoms with Crippen molar-refractivity contribution in [3.8, 4) is 0 Å². The van der Waals surface area contributed by atoms with Gasteiger partial charge in [-0.15, -0.1) is 0 Å². The topological polar surface area (TPSA) is 32.9 Å². The van der Waals surface area contributed by atoms with Crippen LogP contribution in [0, 0.1) is 0 Å². The number of aromatic amines is 1. The molecule has 0 aliphatic carbocycles. The fourth-order valence-corrected chi connectivity index (χ4v) is 1.51. The first-order valence-electron chi connectivity index (χ1n) is 4.08. The van der Waals surface area contributed by atoms with Crippen molar-refractivity contribution in [1.82, 2.24) is 4.98 Å². The second-order valence-electron chi connectivity index (χ2n) is 2.92. The standard InChI is InChI=1S/C10H7F2NO/c11-10(12)9-6-3-1-2-4-7(6)13-8(9)5-14/h1-5,10,13H. The van der Waals surface area contributed by atoms with Gasteiger partial charge in [-0.05, 0) is 6.07 Å². The second-order valence-corrected chi connectivity index (χ2v) is 2.92. The molecule has 4 heteroatoms. The molecule has 0 aliphatic rings. The van der Waals surface area contributed by atoms with E-state index in [0.29, 0.717) is 17.2 Å². The molecule has 0 fully saturated rings. The van der Waals surface area contributed by atoms with Gasteiger partial charge in [0.15, 0.2) is 6.29 Å². The van der Waals surface area contributed by atoms with Crippen LogP contribution in [0.3, 0.4) is 0 Å². The zero-order valence-electron chi connectivity index (χ0n) is 7.13. The molecule has 0 amide bonds. The van der Waals surface area contributed by atoms with Gasteiger partial charge in [0.25, 0.3) is 6.43 Å². The summed E-state index contributed by atoms with van der Waals surface area (Å²) in [5, 5.41) is 0.407. The number of H-pyrrole nitrogens is 1. The van der Waals surface area contributed by atoms with Crippen molar-refractivity contribution in [3.63, 3.8) is 0 Å². The second kappa shape index (κ2) is 3.21. The van der Waals surface area contributed by atoms with Gasteiger partial charge in [0.2, 0.25) is 0 Å². The molecule has 0 saturated heterocycles. The highest BCUT2D eigenvalue weighted by Gasteiger charge is 2.18. The summed E-state index contributed by atoms with van der Waals surface area (Å²) in [5.41, 5.74) is 0.307. The summed E-state index contributed by atoms with van der Waals surface area (Å²) in [6, 6.07) is 6.62. The molecule has 1 heterocycles. The maximum absolute atomic E-state index is 12.6. The maximum atomic E-state index is 12.6. The van der Waals surface area contributed by atoms with Crippen LogP contribution in [-0.2, 0) is 0 Å². The van der Waals surface area contributed by atoms with Crippen molar-refractivity contribution >= 4 is 17.2 Å². The van der Waals surface area contributed by atoms with E-state index in [1.807, 2.05) is 0 Å².